The Labute approximate surface area is 91.3 Å². The molecule has 0 aromatic heterocycles. The lowest BCUT2D eigenvalue weighted by molar-refractivity contribution is -0.0523. The first-order chi connectivity index (χ1) is 6.42. The van der Waals surface area contributed by atoms with Crippen LogP contribution in [0.2, 0.25) is 0 Å². The van der Waals surface area contributed by atoms with Crippen molar-refractivity contribution in [3.63, 3.8) is 0 Å². The zero-order valence-electron chi connectivity index (χ0n) is 8.57. The van der Waals surface area contributed by atoms with Crippen LogP contribution in [0.15, 0.2) is 0 Å². The molecule has 0 saturated carbocycles. The first kappa shape index (κ1) is 12.2. The van der Waals surface area contributed by atoms with E-state index in [1.54, 1.807) is 7.11 Å². The molecule has 2 atom stereocenters. The molecule has 0 radical (unpaired) electrons. The van der Waals surface area contributed by atoms with Gasteiger partial charge in [0.05, 0.1) is 19.3 Å². The number of nitrogens with zero attached hydrogens (tertiary/aromatic N) is 1. The second-order valence-corrected chi connectivity index (χ2v) is 3.66. The third-order valence-electron chi connectivity index (χ3n) is 2.89. The van der Waals surface area contributed by atoms with Crippen molar-refractivity contribution < 1.29 is 9.47 Å². The molecule has 4 nitrogen and oxygen atoms in total. The van der Waals surface area contributed by atoms with Crippen molar-refractivity contribution >= 4 is 12.4 Å². The molecule has 14 heavy (non-hydrogen) atoms. The molecule has 2 saturated heterocycles. The van der Waals surface area contributed by atoms with E-state index in [4.69, 9.17) is 9.47 Å². The van der Waals surface area contributed by atoms with E-state index < -0.39 is 0 Å². The molecular weight excluding hydrogens is 204 g/mol. The van der Waals surface area contributed by atoms with Crippen LogP contribution >= 0.6 is 12.4 Å². The lowest BCUT2D eigenvalue weighted by atomic mass is 10.1. The highest BCUT2D eigenvalue weighted by atomic mass is 35.5. The number of ether oxygens (including phenoxy) is 2. The van der Waals surface area contributed by atoms with Crippen LogP contribution < -0.4 is 5.32 Å². The maximum atomic E-state index is 5.67. The maximum Gasteiger partial charge on any atom is 0.0867 e. The summed E-state index contributed by atoms with van der Waals surface area (Å²) in [7, 11) is 1.75. The molecule has 0 unspecified atom stereocenters. The summed E-state index contributed by atoms with van der Waals surface area (Å²) in [5.41, 5.74) is 0. The highest BCUT2D eigenvalue weighted by Gasteiger charge is 2.35. The average Bonchev–Trinajstić information content (AvgIpc) is 2.62. The average molecular weight is 223 g/mol. The Morgan fingerprint density at radius 1 is 1.50 bits per heavy atom. The molecule has 0 aliphatic carbocycles. The lowest BCUT2D eigenvalue weighted by Gasteiger charge is -2.36. The van der Waals surface area contributed by atoms with Crippen molar-refractivity contribution in [3.8, 4) is 0 Å². The van der Waals surface area contributed by atoms with Gasteiger partial charge in [-0.1, -0.05) is 0 Å². The van der Waals surface area contributed by atoms with Crippen LogP contribution in [0.3, 0.4) is 0 Å². The lowest BCUT2D eigenvalue weighted by Crippen LogP contribution is -2.51. The van der Waals surface area contributed by atoms with Gasteiger partial charge in [0.25, 0.3) is 0 Å². The van der Waals surface area contributed by atoms with Gasteiger partial charge in [-0.15, -0.1) is 12.4 Å². The SMILES string of the molecule is COCCN1CCO[C@@H]2CNC[C@H]21.Cl. The fraction of sp³-hybridized carbons (Fsp3) is 1.00. The van der Waals surface area contributed by atoms with Gasteiger partial charge in [0.2, 0.25) is 0 Å². The summed E-state index contributed by atoms with van der Waals surface area (Å²) in [6, 6.07) is 0.573. The third kappa shape index (κ3) is 2.58. The molecule has 2 aliphatic rings. The fourth-order valence-corrected chi connectivity index (χ4v) is 2.15. The third-order valence-corrected chi connectivity index (χ3v) is 2.89. The molecule has 0 amide bonds. The highest BCUT2D eigenvalue weighted by Crippen LogP contribution is 2.16. The second-order valence-electron chi connectivity index (χ2n) is 3.66. The largest absolute Gasteiger partial charge is 0.383 e. The van der Waals surface area contributed by atoms with Gasteiger partial charge >= 0.3 is 0 Å². The molecule has 2 heterocycles. The topological polar surface area (TPSA) is 33.7 Å². The molecule has 0 aromatic rings. The van der Waals surface area contributed by atoms with Gasteiger partial charge in [0.15, 0.2) is 0 Å². The maximum absolute atomic E-state index is 5.67. The van der Waals surface area contributed by atoms with E-state index in [1.165, 1.54) is 0 Å². The van der Waals surface area contributed by atoms with Crippen molar-refractivity contribution in [2.75, 3.05) is 46.5 Å². The van der Waals surface area contributed by atoms with Gasteiger partial charge in [-0.05, 0) is 0 Å². The minimum atomic E-state index is 0. The van der Waals surface area contributed by atoms with E-state index in [9.17, 15) is 0 Å². The molecule has 2 fully saturated rings. The van der Waals surface area contributed by atoms with Crippen molar-refractivity contribution in [1.29, 1.82) is 0 Å². The molecule has 2 aliphatic heterocycles. The quantitative estimate of drug-likeness (QED) is 0.713. The smallest absolute Gasteiger partial charge is 0.0867 e. The van der Waals surface area contributed by atoms with E-state index in [0.717, 1.165) is 39.4 Å². The van der Waals surface area contributed by atoms with Crippen molar-refractivity contribution in [3.05, 3.63) is 0 Å². The Hall–Kier alpha value is 0.130. The normalized spacial score (nSPS) is 32.4. The highest BCUT2D eigenvalue weighted by molar-refractivity contribution is 5.85. The van der Waals surface area contributed by atoms with Gasteiger partial charge in [0, 0.05) is 39.3 Å². The molecule has 0 aromatic carbocycles. The van der Waals surface area contributed by atoms with E-state index in [1.807, 2.05) is 0 Å². The summed E-state index contributed by atoms with van der Waals surface area (Å²) in [4.78, 5) is 2.47. The van der Waals surface area contributed by atoms with Crippen LogP contribution in [0.4, 0.5) is 0 Å². The molecule has 0 bridgehead atoms. The molecule has 2 rings (SSSR count). The summed E-state index contributed by atoms with van der Waals surface area (Å²) in [5.74, 6) is 0. The van der Waals surface area contributed by atoms with E-state index in [-0.39, 0.29) is 12.4 Å². The summed E-state index contributed by atoms with van der Waals surface area (Å²) in [6.07, 6.45) is 0.408. The Balaban J connectivity index is 0.000000980. The Kier molecular flexibility index (Phi) is 5.12. The van der Waals surface area contributed by atoms with Crippen LogP contribution in [0.5, 0.6) is 0 Å². The van der Waals surface area contributed by atoms with Crippen LogP contribution in [0.25, 0.3) is 0 Å². The minimum Gasteiger partial charge on any atom is -0.383 e. The number of hydrogen-bond donors (Lipinski definition) is 1. The van der Waals surface area contributed by atoms with Crippen LogP contribution in [-0.4, -0.2) is 63.5 Å². The first-order valence-electron chi connectivity index (χ1n) is 4.97. The number of fused-ring (bicyclic) bond motifs is 1. The zero-order chi connectivity index (χ0) is 9.10. The summed E-state index contributed by atoms with van der Waals surface area (Å²) < 4.78 is 10.8. The summed E-state index contributed by atoms with van der Waals surface area (Å²) >= 11 is 0. The number of rotatable bonds is 3. The van der Waals surface area contributed by atoms with E-state index in [2.05, 4.69) is 10.2 Å². The molecule has 84 valence electrons. The molecule has 1 N–H and O–H groups in total. The van der Waals surface area contributed by atoms with Gasteiger partial charge in [-0.25, -0.2) is 0 Å². The van der Waals surface area contributed by atoms with Crippen molar-refractivity contribution in [2.24, 2.45) is 0 Å². The van der Waals surface area contributed by atoms with E-state index in [0.29, 0.717) is 12.1 Å². The number of nitrogens with one attached hydrogen (secondary N) is 1. The molecular formula is C9H19ClN2O2. The van der Waals surface area contributed by atoms with Crippen molar-refractivity contribution in [1.82, 2.24) is 10.2 Å². The Bertz CT molecular complexity index is 171. The monoisotopic (exact) mass is 222 g/mol. The van der Waals surface area contributed by atoms with Gasteiger partial charge < -0.3 is 14.8 Å². The number of halogens is 1. The minimum absolute atomic E-state index is 0. The van der Waals surface area contributed by atoms with E-state index >= 15 is 0 Å². The summed E-state index contributed by atoms with van der Waals surface area (Å²) in [5, 5.41) is 3.36. The predicted molar refractivity (Wildman–Crippen MR) is 57.1 cm³/mol. The van der Waals surface area contributed by atoms with Crippen molar-refractivity contribution in [2.45, 2.75) is 12.1 Å². The molecule has 5 heteroatoms. The second kappa shape index (κ2) is 5.88. The van der Waals surface area contributed by atoms with Crippen LogP contribution in [0, 0.1) is 0 Å². The fourth-order valence-electron chi connectivity index (χ4n) is 2.15. The predicted octanol–water partition coefficient (Wildman–Crippen LogP) is -0.273. The van der Waals surface area contributed by atoms with Crippen LogP contribution in [-0.2, 0) is 9.47 Å². The van der Waals surface area contributed by atoms with Gasteiger partial charge in [-0.2, -0.15) is 0 Å². The standard InChI is InChI=1S/C9H18N2O2.ClH/c1-12-4-2-11-3-5-13-9-7-10-6-8(9)11;/h8-10H,2-7H2,1H3;1H/t8-,9-;/m1./s1. The Morgan fingerprint density at radius 3 is 3.14 bits per heavy atom. The number of morpholine rings is 1. The first-order valence-corrected chi connectivity index (χ1v) is 4.97. The molecule has 0 spiro atoms. The Morgan fingerprint density at radius 2 is 2.36 bits per heavy atom. The number of methoxy groups -OCH3 is 1. The zero-order valence-corrected chi connectivity index (χ0v) is 9.39. The number of hydrogen-bond acceptors (Lipinski definition) is 4. The summed E-state index contributed by atoms with van der Waals surface area (Å²) in [6.45, 7) is 5.84. The van der Waals surface area contributed by atoms with Gasteiger partial charge in [0.1, 0.15) is 0 Å². The van der Waals surface area contributed by atoms with Gasteiger partial charge in [-0.3, -0.25) is 4.90 Å². The van der Waals surface area contributed by atoms with Crippen LogP contribution in [0.1, 0.15) is 0 Å².